The molecule has 8 nitrogen and oxygen atoms in total. The van der Waals surface area contributed by atoms with Crippen LogP contribution in [0.15, 0.2) is 23.1 Å². The number of nitrogens with zero attached hydrogens (tertiary/aromatic N) is 1. The van der Waals surface area contributed by atoms with Crippen LogP contribution in [0.4, 0.5) is 11.4 Å². The minimum atomic E-state index is -3.75. The van der Waals surface area contributed by atoms with Crippen molar-refractivity contribution in [1.29, 1.82) is 0 Å². The fourth-order valence-corrected chi connectivity index (χ4v) is 2.91. The van der Waals surface area contributed by atoms with Gasteiger partial charge in [0, 0.05) is 5.69 Å². The molecule has 0 aliphatic carbocycles. The monoisotopic (exact) mass is 298 g/mol. The van der Waals surface area contributed by atoms with E-state index in [1.54, 1.807) is 0 Å². The SMILES string of the molecule is CNS(=O)(=O)c1cc(N)ccc1N1CC(=O)NC(=O)C1. The summed E-state index contributed by atoms with van der Waals surface area (Å²) in [5, 5.41) is 2.15. The van der Waals surface area contributed by atoms with Gasteiger partial charge in [-0.15, -0.1) is 0 Å². The van der Waals surface area contributed by atoms with Crippen LogP contribution in [-0.2, 0) is 19.6 Å². The number of benzene rings is 1. The molecule has 1 aliphatic rings. The molecule has 9 heteroatoms. The molecule has 2 rings (SSSR count). The molecule has 0 spiro atoms. The number of nitrogen functional groups attached to an aromatic ring is 1. The van der Waals surface area contributed by atoms with Crippen LogP contribution in [0.1, 0.15) is 0 Å². The first-order chi connectivity index (χ1) is 9.33. The number of rotatable bonds is 3. The number of piperazine rings is 1. The van der Waals surface area contributed by atoms with E-state index in [1.165, 1.54) is 30.1 Å². The summed E-state index contributed by atoms with van der Waals surface area (Å²) in [4.78, 5) is 24.1. The standard InChI is InChI=1S/C11H14N4O4S/c1-13-20(18,19)9-4-7(12)2-3-8(9)15-5-10(16)14-11(17)6-15/h2-4,13H,5-6,12H2,1H3,(H,14,16,17). The van der Waals surface area contributed by atoms with E-state index in [2.05, 4.69) is 10.0 Å². The molecule has 1 fully saturated rings. The molecule has 1 aliphatic heterocycles. The highest BCUT2D eigenvalue weighted by Gasteiger charge is 2.27. The lowest BCUT2D eigenvalue weighted by atomic mass is 10.2. The summed E-state index contributed by atoms with van der Waals surface area (Å²) in [6, 6.07) is 4.28. The summed E-state index contributed by atoms with van der Waals surface area (Å²) in [6.07, 6.45) is 0. The van der Waals surface area contributed by atoms with E-state index in [1.807, 2.05) is 0 Å². The molecule has 108 valence electrons. The van der Waals surface area contributed by atoms with Crippen molar-refractivity contribution in [2.75, 3.05) is 30.8 Å². The Bertz CT molecular complexity index is 655. The van der Waals surface area contributed by atoms with Gasteiger partial charge in [0.25, 0.3) is 0 Å². The van der Waals surface area contributed by atoms with Crippen LogP contribution in [0.5, 0.6) is 0 Å². The Kier molecular flexibility index (Phi) is 3.64. The topological polar surface area (TPSA) is 122 Å². The van der Waals surface area contributed by atoms with Crippen molar-refractivity contribution < 1.29 is 18.0 Å². The van der Waals surface area contributed by atoms with Crippen LogP contribution in [0.25, 0.3) is 0 Å². The summed E-state index contributed by atoms with van der Waals surface area (Å²) >= 11 is 0. The summed E-state index contributed by atoms with van der Waals surface area (Å²) in [7, 11) is -2.48. The Balaban J connectivity index is 2.51. The van der Waals surface area contributed by atoms with Crippen LogP contribution in [-0.4, -0.2) is 40.4 Å². The molecule has 1 aromatic rings. The maximum Gasteiger partial charge on any atom is 0.246 e. The highest BCUT2D eigenvalue weighted by Crippen LogP contribution is 2.27. The number of carbonyl (C=O) groups excluding carboxylic acids is 2. The highest BCUT2D eigenvalue weighted by atomic mass is 32.2. The van der Waals surface area contributed by atoms with Gasteiger partial charge < -0.3 is 10.6 Å². The van der Waals surface area contributed by atoms with Gasteiger partial charge in [0.2, 0.25) is 21.8 Å². The number of nitrogens with one attached hydrogen (secondary N) is 2. The number of sulfonamides is 1. The van der Waals surface area contributed by atoms with E-state index in [0.29, 0.717) is 0 Å². The molecule has 0 bridgehead atoms. The molecule has 0 radical (unpaired) electrons. The quantitative estimate of drug-likeness (QED) is 0.468. The second kappa shape index (κ2) is 5.10. The summed E-state index contributed by atoms with van der Waals surface area (Å²) in [5.41, 5.74) is 6.14. The molecular formula is C11H14N4O4S. The predicted molar refractivity (Wildman–Crippen MR) is 72.5 cm³/mol. The highest BCUT2D eigenvalue weighted by molar-refractivity contribution is 7.89. The first-order valence-electron chi connectivity index (χ1n) is 5.74. The Morgan fingerprint density at radius 2 is 1.85 bits per heavy atom. The van der Waals surface area contributed by atoms with Gasteiger partial charge in [-0.3, -0.25) is 14.9 Å². The van der Waals surface area contributed by atoms with Crippen LogP contribution >= 0.6 is 0 Å². The molecule has 1 heterocycles. The van der Waals surface area contributed by atoms with Crippen molar-refractivity contribution in [3.05, 3.63) is 18.2 Å². The van der Waals surface area contributed by atoms with E-state index in [9.17, 15) is 18.0 Å². The average molecular weight is 298 g/mol. The van der Waals surface area contributed by atoms with Crippen LogP contribution in [0.3, 0.4) is 0 Å². The Hall–Kier alpha value is -2.13. The smallest absolute Gasteiger partial charge is 0.246 e. The first-order valence-corrected chi connectivity index (χ1v) is 7.22. The fraction of sp³-hybridized carbons (Fsp3) is 0.273. The van der Waals surface area contributed by atoms with Gasteiger partial charge in [0.15, 0.2) is 0 Å². The molecule has 0 atom stereocenters. The van der Waals surface area contributed by atoms with E-state index in [-0.39, 0.29) is 29.4 Å². The van der Waals surface area contributed by atoms with E-state index >= 15 is 0 Å². The number of amides is 2. The van der Waals surface area contributed by atoms with Gasteiger partial charge >= 0.3 is 0 Å². The molecule has 4 N–H and O–H groups in total. The maximum absolute atomic E-state index is 12.0. The normalized spacial score (nSPS) is 16.1. The molecule has 0 saturated carbocycles. The Morgan fingerprint density at radius 3 is 2.40 bits per heavy atom. The van der Waals surface area contributed by atoms with Gasteiger partial charge in [-0.1, -0.05) is 0 Å². The number of nitrogens with two attached hydrogens (primary N) is 1. The zero-order valence-corrected chi connectivity index (χ0v) is 11.5. The fourth-order valence-electron chi connectivity index (χ4n) is 1.92. The lowest BCUT2D eigenvalue weighted by Gasteiger charge is -2.29. The van der Waals surface area contributed by atoms with Gasteiger partial charge in [-0.05, 0) is 25.2 Å². The van der Waals surface area contributed by atoms with Gasteiger partial charge in [-0.25, -0.2) is 13.1 Å². The molecule has 1 saturated heterocycles. The van der Waals surface area contributed by atoms with Crippen LogP contribution in [0, 0.1) is 0 Å². The summed E-state index contributed by atoms with van der Waals surface area (Å²) < 4.78 is 26.2. The second-order valence-electron chi connectivity index (χ2n) is 4.26. The molecule has 2 amide bonds. The largest absolute Gasteiger partial charge is 0.399 e. The lowest BCUT2D eigenvalue weighted by Crippen LogP contribution is -2.51. The molecule has 1 aromatic carbocycles. The predicted octanol–water partition coefficient (Wildman–Crippen LogP) is -1.36. The van der Waals surface area contributed by atoms with Gasteiger partial charge in [0.05, 0.1) is 18.8 Å². The van der Waals surface area contributed by atoms with E-state index < -0.39 is 21.8 Å². The average Bonchev–Trinajstić information content (AvgIpc) is 2.37. The van der Waals surface area contributed by atoms with Crippen molar-refractivity contribution in [3.8, 4) is 0 Å². The zero-order valence-electron chi connectivity index (χ0n) is 10.7. The molecule has 0 aromatic heterocycles. The van der Waals surface area contributed by atoms with Crippen molar-refractivity contribution >= 4 is 33.2 Å². The summed E-state index contributed by atoms with van der Waals surface area (Å²) in [5.74, 6) is -0.961. The Morgan fingerprint density at radius 1 is 1.25 bits per heavy atom. The van der Waals surface area contributed by atoms with E-state index in [0.717, 1.165) is 0 Å². The van der Waals surface area contributed by atoms with E-state index in [4.69, 9.17) is 5.73 Å². The van der Waals surface area contributed by atoms with Gasteiger partial charge in [-0.2, -0.15) is 0 Å². The Labute approximate surface area is 116 Å². The van der Waals surface area contributed by atoms with Gasteiger partial charge in [0.1, 0.15) is 4.90 Å². The van der Waals surface area contributed by atoms with Crippen molar-refractivity contribution in [2.24, 2.45) is 0 Å². The van der Waals surface area contributed by atoms with Crippen LogP contribution in [0.2, 0.25) is 0 Å². The number of hydrogen-bond donors (Lipinski definition) is 3. The third kappa shape index (κ3) is 2.73. The minimum absolute atomic E-state index is 0.0671. The minimum Gasteiger partial charge on any atom is -0.399 e. The molecule has 0 unspecified atom stereocenters. The summed E-state index contributed by atoms with van der Waals surface area (Å²) in [6.45, 7) is -0.191. The number of anilines is 2. The molecular weight excluding hydrogens is 284 g/mol. The third-order valence-electron chi connectivity index (χ3n) is 2.83. The maximum atomic E-state index is 12.0. The molecule has 20 heavy (non-hydrogen) atoms. The lowest BCUT2D eigenvalue weighted by molar-refractivity contribution is -0.130. The zero-order chi connectivity index (χ0) is 14.9. The van der Waals surface area contributed by atoms with Crippen molar-refractivity contribution in [3.63, 3.8) is 0 Å². The van der Waals surface area contributed by atoms with Crippen molar-refractivity contribution in [1.82, 2.24) is 10.0 Å². The number of imide groups is 1. The number of carbonyl (C=O) groups is 2. The van der Waals surface area contributed by atoms with Crippen LogP contribution < -0.4 is 20.7 Å². The van der Waals surface area contributed by atoms with Crippen molar-refractivity contribution in [2.45, 2.75) is 4.90 Å². The first kappa shape index (κ1) is 14.3. The second-order valence-corrected chi connectivity index (χ2v) is 6.12. The number of hydrogen-bond acceptors (Lipinski definition) is 6. The third-order valence-corrected chi connectivity index (χ3v) is 4.27.